The first-order valence-corrected chi connectivity index (χ1v) is 11.0. The summed E-state index contributed by atoms with van der Waals surface area (Å²) in [5.41, 5.74) is 4.02. The van der Waals surface area contributed by atoms with Crippen molar-refractivity contribution in [2.75, 3.05) is 13.7 Å². The van der Waals surface area contributed by atoms with Crippen LogP contribution in [-0.2, 0) is 6.54 Å². The Bertz CT molecular complexity index is 1340. The van der Waals surface area contributed by atoms with E-state index in [4.69, 9.17) is 9.47 Å². The molecule has 0 radical (unpaired) electrons. The quantitative estimate of drug-likeness (QED) is 0.429. The number of para-hydroxylation sites is 1. The summed E-state index contributed by atoms with van der Waals surface area (Å²) < 4.78 is 11.3. The number of pyridine rings is 1. The van der Waals surface area contributed by atoms with E-state index in [-0.39, 0.29) is 11.7 Å². The molecular weight excluding hydrogens is 432 g/mol. The monoisotopic (exact) mass is 456 g/mol. The van der Waals surface area contributed by atoms with Gasteiger partial charge in [-0.15, -0.1) is 0 Å². The van der Waals surface area contributed by atoms with Gasteiger partial charge in [-0.3, -0.25) is 14.9 Å². The van der Waals surface area contributed by atoms with Crippen molar-refractivity contribution in [2.45, 2.75) is 19.5 Å². The van der Waals surface area contributed by atoms with Crippen LogP contribution in [0.4, 0.5) is 0 Å². The topological polar surface area (TPSA) is 101 Å². The molecule has 0 unspecified atom stereocenters. The van der Waals surface area contributed by atoms with Crippen LogP contribution in [0.15, 0.2) is 67.0 Å². The molecule has 172 valence electrons. The van der Waals surface area contributed by atoms with Crippen molar-refractivity contribution < 1.29 is 19.4 Å². The zero-order chi connectivity index (χ0) is 23.7. The summed E-state index contributed by atoms with van der Waals surface area (Å²) in [5.74, 6) is 1.14. The van der Waals surface area contributed by atoms with Gasteiger partial charge >= 0.3 is 0 Å². The van der Waals surface area contributed by atoms with Crippen molar-refractivity contribution in [2.24, 2.45) is 0 Å². The summed E-state index contributed by atoms with van der Waals surface area (Å²) in [5, 5.41) is 17.9. The molecule has 2 N–H and O–H groups in total. The number of aromatic amines is 1. The number of benzene rings is 2. The second-order valence-corrected chi connectivity index (χ2v) is 7.91. The summed E-state index contributed by atoms with van der Waals surface area (Å²) >= 11 is 0. The second-order valence-electron chi connectivity index (χ2n) is 7.91. The molecule has 5 rings (SSSR count). The van der Waals surface area contributed by atoms with E-state index in [2.05, 4.69) is 15.2 Å². The highest BCUT2D eigenvalue weighted by Crippen LogP contribution is 2.46. The summed E-state index contributed by atoms with van der Waals surface area (Å²) in [6.45, 7) is 2.80. The van der Waals surface area contributed by atoms with Gasteiger partial charge in [0.25, 0.3) is 5.91 Å². The maximum absolute atomic E-state index is 13.6. The highest BCUT2D eigenvalue weighted by atomic mass is 16.5. The van der Waals surface area contributed by atoms with Crippen molar-refractivity contribution in [1.82, 2.24) is 20.1 Å². The van der Waals surface area contributed by atoms with Gasteiger partial charge in [0.2, 0.25) is 0 Å². The SMILES string of the molecule is CCOc1ccc([C@H]2c3c(-c4ccccc4O)n[nH]c3C(=O)N2Cc2ccncc2)cc1OC. The first-order chi connectivity index (χ1) is 16.6. The third kappa shape index (κ3) is 3.63. The number of nitrogens with one attached hydrogen (secondary N) is 1. The Morgan fingerprint density at radius 2 is 1.88 bits per heavy atom. The minimum Gasteiger partial charge on any atom is -0.507 e. The van der Waals surface area contributed by atoms with Crippen LogP contribution < -0.4 is 9.47 Å². The molecule has 1 aliphatic rings. The zero-order valence-corrected chi connectivity index (χ0v) is 18.9. The van der Waals surface area contributed by atoms with Gasteiger partial charge in [-0.05, 0) is 54.4 Å². The number of carbonyl (C=O) groups is 1. The minimum absolute atomic E-state index is 0.0971. The largest absolute Gasteiger partial charge is 0.507 e. The first kappa shape index (κ1) is 21.5. The number of hydrogen-bond acceptors (Lipinski definition) is 6. The van der Waals surface area contributed by atoms with Crippen molar-refractivity contribution in [3.63, 3.8) is 0 Å². The summed E-state index contributed by atoms with van der Waals surface area (Å²) in [6.07, 6.45) is 3.41. The molecule has 2 aromatic carbocycles. The van der Waals surface area contributed by atoms with E-state index in [1.165, 1.54) is 0 Å². The van der Waals surface area contributed by atoms with E-state index in [0.29, 0.717) is 47.2 Å². The van der Waals surface area contributed by atoms with Gasteiger partial charge in [-0.2, -0.15) is 5.10 Å². The van der Waals surface area contributed by atoms with E-state index in [9.17, 15) is 9.90 Å². The Balaban J connectivity index is 1.67. The lowest BCUT2D eigenvalue weighted by Crippen LogP contribution is -2.29. The smallest absolute Gasteiger partial charge is 0.273 e. The van der Waals surface area contributed by atoms with Crippen molar-refractivity contribution >= 4 is 5.91 Å². The highest BCUT2D eigenvalue weighted by molar-refractivity contribution is 6.00. The number of fused-ring (bicyclic) bond motifs is 1. The Hall–Kier alpha value is -4.33. The lowest BCUT2D eigenvalue weighted by molar-refractivity contribution is 0.0730. The van der Waals surface area contributed by atoms with Crippen molar-refractivity contribution in [3.8, 4) is 28.5 Å². The van der Waals surface area contributed by atoms with Gasteiger partial charge in [0.05, 0.1) is 19.8 Å². The number of carbonyl (C=O) groups excluding carboxylic acids is 1. The molecule has 8 heteroatoms. The molecule has 0 aliphatic carbocycles. The number of methoxy groups -OCH3 is 1. The molecular formula is C26H24N4O4. The van der Waals surface area contributed by atoms with Gasteiger partial charge in [0, 0.05) is 30.1 Å². The molecule has 0 bridgehead atoms. The molecule has 34 heavy (non-hydrogen) atoms. The van der Waals surface area contributed by atoms with Crippen LogP contribution in [0.5, 0.6) is 17.2 Å². The predicted octanol–water partition coefficient (Wildman–Crippen LogP) is 4.33. The normalized spacial score (nSPS) is 14.8. The van der Waals surface area contributed by atoms with Crippen LogP contribution in [0.1, 0.15) is 40.1 Å². The molecule has 1 aliphatic heterocycles. The molecule has 2 aromatic heterocycles. The average molecular weight is 457 g/mol. The fraction of sp³-hybridized carbons (Fsp3) is 0.192. The third-order valence-corrected chi connectivity index (χ3v) is 5.93. The number of phenolic OH excluding ortho intramolecular Hbond substituents is 1. The van der Waals surface area contributed by atoms with Gasteiger partial charge < -0.3 is 19.5 Å². The molecule has 0 fully saturated rings. The second kappa shape index (κ2) is 8.90. The Morgan fingerprint density at radius 3 is 2.62 bits per heavy atom. The fourth-order valence-electron chi connectivity index (χ4n) is 4.40. The summed E-state index contributed by atoms with van der Waals surface area (Å²) in [4.78, 5) is 19.4. The standard InChI is InChI=1S/C26H24N4O4/c1-3-34-20-9-8-17(14-21(20)33-2)25-22-23(18-6-4-5-7-19(18)31)28-29-24(22)26(32)30(25)15-16-10-12-27-13-11-16/h4-14,25,31H,3,15H2,1-2H3,(H,28,29)/t25-/m0/s1. The van der Waals surface area contributed by atoms with E-state index in [1.54, 1.807) is 42.6 Å². The van der Waals surface area contributed by atoms with Crippen molar-refractivity contribution in [3.05, 3.63) is 89.4 Å². The summed E-state index contributed by atoms with van der Waals surface area (Å²) in [6, 6.07) is 16.0. The molecule has 1 atom stereocenters. The molecule has 1 amide bonds. The van der Waals surface area contributed by atoms with Crippen LogP contribution in [0.25, 0.3) is 11.3 Å². The van der Waals surface area contributed by atoms with E-state index >= 15 is 0 Å². The summed E-state index contributed by atoms with van der Waals surface area (Å²) in [7, 11) is 1.59. The number of amides is 1. The fourth-order valence-corrected chi connectivity index (χ4v) is 4.40. The van der Waals surface area contributed by atoms with Gasteiger partial charge in [-0.25, -0.2) is 0 Å². The minimum atomic E-state index is -0.450. The lowest BCUT2D eigenvalue weighted by atomic mass is 9.95. The van der Waals surface area contributed by atoms with Crippen LogP contribution in [0.2, 0.25) is 0 Å². The molecule has 0 saturated heterocycles. The van der Waals surface area contributed by atoms with Gasteiger partial charge in [0.1, 0.15) is 17.1 Å². The number of phenols is 1. The van der Waals surface area contributed by atoms with Gasteiger partial charge in [0.15, 0.2) is 11.5 Å². The van der Waals surface area contributed by atoms with Gasteiger partial charge in [-0.1, -0.05) is 18.2 Å². The highest BCUT2D eigenvalue weighted by Gasteiger charge is 2.42. The van der Waals surface area contributed by atoms with E-state index < -0.39 is 6.04 Å². The first-order valence-electron chi connectivity index (χ1n) is 11.0. The average Bonchev–Trinajstić information content (AvgIpc) is 3.40. The molecule has 8 nitrogen and oxygen atoms in total. The number of H-pyrrole nitrogens is 1. The van der Waals surface area contributed by atoms with E-state index in [0.717, 1.165) is 11.1 Å². The van der Waals surface area contributed by atoms with Crippen LogP contribution in [0.3, 0.4) is 0 Å². The maximum Gasteiger partial charge on any atom is 0.273 e. The number of aromatic nitrogens is 3. The number of nitrogens with zero attached hydrogens (tertiary/aromatic N) is 3. The number of ether oxygens (including phenoxy) is 2. The van der Waals surface area contributed by atoms with Crippen LogP contribution in [-0.4, -0.2) is 44.8 Å². The predicted molar refractivity (Wildman–Crippen MR) is 126 cm³/mol. The van der Waals surface area contributed by atoms with Crippen LogP contribution >= 0.6 is 0 Å². The Kier molecular flexibility index (Phi) is 5.63. The van der Waals surface area contributed by atoms with Crippen LogP contribution in [0, 0.1) is 0 Å². The lowest BCUT2D eigenvalue weighted by Gasteiger charge is -2.27. The maximum atomic E-state index is 13.6. The third-order valence-electron chi connectivity index (χ3n) is 5.93. The molecule has 0 saturated carbocycles. The van der Waals surface area contributed by atoms with E-state index in [1.807, 2.05) is 43.3 Å². The Labute approximate surface area is 196 Å². The Morgan fingerprint density at radius 1 is 1.09 bits per heavy atom. The molecule has 0 spiro atoms. The number of rotatable bonds is 7. The number of aromatic hydroxyl groups is 1. The van der Waals surface area contributed by atoms with Crippen molar-refractivity contribution in [1.29, 1.82) is 0 Å². The molecule has 3 heterocycles. The molecule has 4 aromatic rings. The zero-order valence-electron chi connectivity index (χ0n) is 18.9. The number of hydrogen-bond donors (Lipinski definition) is 2.